The lowest BCUT2D eigenvalue weighted by Gasteiger charge is -2.17. The van der Waals surface area contributed by atoms with Gasteiger partial charge < -0.3 is 5.73 Å². The summed E-state index contributed by atoms with van der Waals surface area (Å²) >= 11 is 9.85. The van der Waals surface area contributed by atoms with Gasteiger partial charge in [-0.15, -0.1) is 0 Å². The van der Waals surface area contributed by atoms with Crippen molar-refractivity contribution >= 4 is 38.3 Å². The average Bonchev–Trinajstić information content (AvgIpc) is 2.48. The van der Waals surface area contributed by atoms with E-state index in [0.29, 0.717) is 5.02 Å². The van der Waals surface area contributed by atoms with Crippen LogP contribution in [0.25, 0.3) is 10.8 Å². The number of nitrogens with two attached hydrogens (primary N) is 1. The van der Waals surface area contributed by atoms with Crippen LogP contribution in [0.2, 0.25) is 5.02 Å². The molecule has 3 aromatic rings. The van der Waals surface area contributed by atoms with Crippen LogP contribution >= 0.6 is 27.5 Å². The predicted molar refractivity (Wildman–Crippen MR) is 89.1 cm³/mol. The highest BCUT2D eigenvalue weighted by molar-refractivity contribution is 9.10. The maximum absolute atomic E-state index is 6.43. The third kappa shape index (κ3) is 2.35. The molecule has 1 unspecified atom stereocenters. The normalized spacial score (nSPS) is 12.6. The van der Waals surface area contributed by atoms with Gasteiger partial charge in [0.05, 0.1) is 6.04 Å². The van der Waals surface area contributed by atoms with Crippen molar-refractivity contribution in [1.29, 1.82) is 0 Å². The van der Waals surface area contributed by atoms with Crippen LogP contribution in [0.15, 0.2) is 65.1 Å². The van der Waals surface area contributed by atoms with Crippen molar-refractivity contribution in [3.05, 3.63) is 81.3 Å². The van der Waals surface area contributed by atoms with Gasteiger partial charge in [-0.3, -0.25) is 0 Å². The van der Waals surface area contributed by atoms with Gasteiger partial charge in [0.15, 0.2) is 0 Å². The van der Waals surface area contributed by atoms with E-state index in [4.69, 9.17) is 17.3 Å². The van der Waals surface area contributed by atoms with Crippen LogP contribution in [0.1, 0.15) is 17.2 Å². The first-order valence-corrected chi connectivity index (χ1v) is 7.52. The summed E-state index contributed by atoms with van der Waals surface area (Å²) in [6, 6.07) is 19.8. The molecule has 0 fully saturated rings. The van der Waals surface area contributed by atoms with Gasteiger partial charge in [0, 0.05) is 9.50 Å². The molecule has 1 nitrogen and oxygen atoms in total. The predicted octanol–water partition coefficient (Wildman–Crippen LogP) is 5.30. The molecule has 3 rings (SSSR count). The molecule has 2 N–H and O–H groups in total. The van der Waals surface area contributed by atoms with Crippen molar-refractivity contribution in [3.63, 3.8) is 0 Å². The lowest BCUT2D eigenvalue weighted by Crippen LogP contribution is -2.12. The lowest BCUT2D eigenvalue weighted by molar-refractivity contribution is 0.881. The van der Waals surface area contributed by atoms with Gasteiger partial charge >= 0.3 is 0 Å². The highest BCUT2D eigenvalue weighted by atomic mass is 79.9. The minimum absolute atomic E-state index is 0.235. The number of hydrogen-bond donors (Lipinski definition) is 1. The first-order valence-electron chi connectivity index (χ1n) is 6.35. The molecule has 0 saturated carbocycles. The molecule has 0 amide bonds. The van der Waals surface area contributed by atoms with E-state index < -0.39 is 0 Å². The van der Waals surface area contributed by atoms with E-state index >= 15 is 0 Å². The molecular weight excluding hydrogens is 334 g/mol. The number of halogens is 2. The molecule has 100 valence electrons. The Kier molecular flexibility index (Phi) is 3.79. The van der Waals surface area contributed by atoms with E-state index in [-0.39, 0.29) is 6.04 Å². The van der Waals surface area contributed by atoms with Crippen LogP contribution in [0.3, 0.4) is 0 Å². The van der Waals surface area contributed by atoms with Gasteiger partial charge in [0.2, 0.25) is 0 Å². The summed E-state index contributed by atoms with van der Waals surface area (Å²) in [7, 11) is 0. The van der Waals surface area contributed by atoms with Gasteiger partial charge in [0.25, 0.3) is 0 Å². The summed E-state index contributed by atoms with van der Waals surface area (Å²) in [5, 5.41) is 3.01. The Hall–Kier alpha value is -1.35. The third-order valence-electron chi connectivity index (χ3n) is 3.48. The molecule has 3 aromatic carbocycles. The van der Waals surface area contributed by atoms with Crippen molar-refractivity contribution in [2.75, 3.05) is 0 Å². The molecule has 0 aliphatic rings. The monoisotopic (exact) mass is 345 g/mol. The fourth-order valence-electron chi connectivity index (χ4n) is 2.45. The van der Waals surface area contributed by atoms with E-state index in [9.17, 15) is 0 Å². The minimum atomic E-state index is -0.235. The summed E-state index contributed by atoms with van der Waals surface area (Å²) < 4.78 is 1.07. The third-order valence-corrected chi connectivity index (χ3v) is 4.52. The molecule has 0 aromatic heterocycles. The van der Waals surface area contributed by atoms with Crippen molar-refractivity contribution < 1.29 is 0 Å². The molecule has 1 atom stereocenters. The molecule has 0 bridgehead atoms. The van der Waals surface area contributed by atoms with Crippen LogP contribution < -0.4 is 5.73 Å². The second kappa shape index (κ2) is 5.57. The number of fused-ring (bicyclic) bond motifs is 1. The summed E-state index contributed by atoms with van der Waals surface area (Å²) in [4.78, 5) is 0. The number of rotatable bonds is 2. The molecule has 0 saturated heterocycles. The van der Waals surface area contributed by atoms with E-state index in [1.54, 1.807) is 0 Å². The first kappa shape index (κ1) is 13.6. The van der Waals surface area contributed by atoms with E-state index in [0.717, 1.165) is 26.4 Å². The molecule has 0 radical (unpaired) electrons. The summed E-state index contributed by atoms with van der Waals surface area (Å²) in [6.07, 6.45) is 0. The summed E-state index contributed by atoms with van der Waals surface area (Å²) in [5.41, 5.74) is 8.46. The Morgan fingerprint density at radius 2 is 1.45 bits per heavy atom. The van der Waals surface area contributed by atoms with Crippen LogP contribution in [-0.4, -0.2) is 0 Å². The zero-order chi connectivity index (χ0) is 14.1. The van der Waals surface area contributed by atoms with E-state index in [2.05, 4.69) is 34.1 Å². The van der Waals surface area contributed by atoms with Gasteiger partial charge in [-0.1, -0.05) is 76.1 Å². The van der Waals surface area contributed by atoms with Crippen LogP contribution in [0.4, 0.5) is 0 Å². The summed E-state index contributed by atoms with van der Waals surface area (Å²) in [6.45, 7) is 0. The largest absolute Gasteiger partial charge is 0.320 e. The molecule has 20 heavy (non-hydrogen) atoms. The van der Waals surface area contributed by atoms with Gasteiger partial charge in [-0.25, -0.2) is 0 Å². The van der Waals surface area contributed by atoms with Crippen molar-refractivity contribution in [1.82, 2.24) is 0 Å². The molecule has 0 spiro atoms. The van der Waals surface area contributed by atoms with Gasteiger partial charge in [-0.2, -0.15) is 0 Å². The Balaban J connectivity index is 2.20. The zero-order valence-electron chi connectivity index (χ0n) is 10.7. The Labute approximate surface area is 131 Å². The van der Waals surface area contributed by atoms with Crippen molar-refractivity contribution in [2.24, 2.45) is 5.73 Å². The first-order chi connectivity index (χ1) is 9.68. The minimum Gasteiger partial charge on any atom is -0.320 e. The Morgan fingerprint density at radius 1 is 0.800 bits per heavy atom. The van der Waals surface area contributed by atoms with Crippen LogP contribution in [0.5, 0.6) is 0 Å². The van der Waals surface area contributed by atoms with Crippen molar-refractivity contribution in [2.45, 2.75) is 6.04 Å². The lowest BCUT2D eigenvalue weighted by atomic mass is 9.94. The number of hydrogen-bond acceptors (Lipinski definition) is 1. The maximum atomic E-state index is 6.43. The molecular formula is C17H13BrClN. The Morgan fingerprint density at radius 3 is 2.20 bits per heavy atom. The molecule has 0 heterocycles. The summed E-state index contributed by atoms with van der Waals surface area (Å²) in [5.74, 6) is 0. The SMILES string of the molecule is NC(c1ccccc1Cl)c1ccc(Br)c2ccccc12. The fourth-order valence-corrected chi connectivity index (χ4v) is 3.18. The standard InChI is InChI=1S/C17H13BrClN/c18-15-10-9-13(11-5-1-2-6-12(11)15)17(20)14-7-3-4-8-16(14)19/h1-10,17H,20H2. The highest BCUT2D eigenvalue weighted by Crippen LogP contribution is 2.33. The van der Waals surface area contributed by atoms with Gasteiger partial charge in [0.1, 0.15) is 0 Å². The molecule has 0 aliphatic carbocycles. The van der Waals surface area contributed by atoms with Crippen molar-refractivity contribution in [3.8, 4) is 0 Å². The van der Waals surface area contributed by atoms with Gasteiger partial charge in [-0.05, 0) is 34.0 Å². The smallest absolute Gasteiger partial charge is 0.0572 e. The second-order valence-electron chi connectivity index (χ2n) is 4.68. The Bertz CT molecular complexity index is 770. The highest BCUT2D eigenvalue weighted by Gasteiger charge is 2.15. The van der Waals surface area contributed by atoms with Crippen LogP contribution in [-0.2, 0) is 0 Å². The molecule has 0 aliphatic heterocycles. The second-order valence-corrected chi connectivity index (χ2v) is 5.94. The molecule has 3 heteroatoms. The number of benzene rings is 3. The average molecular weight is 347 g/mol. The topological polar surface area (TPSA) is 26.0 Å². The van der Waals surface area contributed by atoms with E-state index in [1.807, 2.05) is 42.5 Å². The van der Waals surface area contributed by atoms with E-state index in [1.165, 1.54) is 0 Å². The van der Waals surface area contributed by atoms with Crippen LogP contribution in [0, 0.1) is 0 Å². The fraction of sp³-hybridized carbons (Fsp3) is 0.0588. The quantitative estimate of drug-likeness (QED) is 0.669. The zero-order valence-corrected chi connectivity index (χ0v) is 13.0. The maximum Gasteiger partial charge on any atom is 0.0572 e.